The fourth-order valence-electron chi connectivity index (χ4n) is 1.13. The molecule has 68 valence electrons. The van der Waals surface area contributed by atoms with Gasteiger partial charge in [-0.15, -0.1) is 5.06 Å². The SMILES string of the molecule is C/C=C/C(=O)ON(C)C1CCC1. The predicted octanol–water partition coefficient (Wildman–Crippen LogP) is 1.50. The Bertz CT molecular complexity index is 185. The molecule has 1 saturated carbocycles. The van der Waals surface area contributed by atoms with Crippen molar-refractivity contribution in [2.24, 2.45) is 0 Å². The zero-order valence-corrected chi connectivity index (χ0v) is 7.62. The Balaban J connectivity index is 2.24. The molecule has 3 nitrogen and oxygen atoms in total. The molecule has 0 N–H and O–H groups in total. The first kappa shape index (κ1) is 9.26. The minimum atomic E-state index is -0.285. The van der Waals surface area contributed by atoms with Gasteiger partial charge >= 0.3 is 5.97 Å². The molecule has 12 heavy (non-hydrogen) atoms. The first-order valence-corrected chi connectivity index (χ1v) is 4.31. The van der Waals surface area contributed by atoms with Crippen LogP contribution in [-0.4, -0.2) is 24.1 Å². The Morgan fingerprint density at radius 2 is 2.25 bits per heavy atom. The van der Waals surface area contributed by atoms with Crippen molar-refractivity contribution in [2.45, 2.75) is 32.2 Å². The number of nitrogens with zero attached hydrogens (tertiary/aromatic N) is 1. The predicted molar refractivity (Wildman–Crippen MR) is 46.3 cm³/mol. The van der Waals surface area contributed by atoms with E-state index in [0.29, 0.717) is 6.04 Å². The van der Waals surface area contributed by atoms with Crippen LogP contribution in [0.1, 0.15) is 26.2 Å². The Kier molecular flexibility index (Phi) is 3.29. The molecule has 1 rings (SSSR count). The fourth-order valence-corrected chi connectivity index (χ4v) is 1.13. The number of carbonyl (C=O) groups is 1. The highest BCUT2D eigenvalue weighted by Gasteiger charge is 2.24. The molecule has 0 aromatic carbocycles. The Morgan fingerprint density at radius 3 is 2.67 bits per heavy atom. The molecule has 0 aromatic rings. The summed E-state index contributed by atoms with van der Waals surface area (Å²) in [7, 11) is 1.81. The van der Waals surface area contributed by atoms with Crippen LogP contribution in [0.3, 0.4) is 0 Å². The molecule has 0 amide bonds. The molecule has 0 spiro atoms. The van der Waals surface area contributed by atoms with Crippen molar-refractivity contribution in [3.8, 4) is 0 Å². The maximum absolute atomic E-state index is 10.9. The van der Waals surface area contributed by atoms with Crippen LogP contribution < -0.4 is 0 Å². The number of allylic oxidation sites excluding steroid dienone is 1. The number of hydrogen-bond donors (Lipinski definition) is 0. The van der Waals surface area contributed by atoms with Crippen molar-refractivity contribution in [3.05, 3.63) is 12.2 Å². The van der Waals surface area contributed by atoms with E-state index in [4.69, 9.17) is 4.84 Å². The van der Waals surface area contributed by atoms with Gasteiger partial charge in [-0.3, -0.25) is 0 Å². The normalized spacial score (nSPS) is 18.2. The molecule has 0 aromatic heterocycles. The van der Waals surface area contributed by atoms with E-state index in [1.165, 1.54) is 12.5 Å². The standard InChI is InChI=1S/C9H15NO2/c1-3-5-9(11)12-10(2)8-6-4-7-8/h3,5,8H,4,6-7H2,1-2H3/b5-3+. The van der Waals surface area contributed by atoms with E-state index in [0.717, 1.165) is 12.8 Å². The van der Waals surface area contributed by atoms with Gasteiger partial charge < -0.3 is 4.84 Å². The van der Waals surface area contributed by atoms with E-state index in [1.54, 1.807) is 18.1 Å². The van der Waals surface area contributed by atoms with Crippen LogP contribution in [0.15, 0.2) is 12.2 Å². The summed E-state index contributed by atoms with van der Waals surface area (Å²) in [6.45, 7) is 1.80. The van der Waals surface area contributed by atoms with Gasteiger partial charge in [0.05, 0.1) is 0 Å². The Hall–Kier alpha value is -0.830. The smallest absolute Gasteiger partial charge is 0.349 e. The lowest BCUT2D eigenvalue weighted by Gasteiger charge is -2.32. The third-order valence-corrected chi connectivity index (χ3v) is 2.13. The van der Waals surface area contributed by atoms with Crippen LogP contribution in [0.25, 0.3) is 0 Å². The van der Waals surface area contributed by atoms with E-state index in [-0.39, 0.29) is 5.97 Å². The lowest BCUT2D eigenvalue weighted by atomic mass is 9.93. The van der Waals surface area contributed by atoms with Crippen molar-refractivity contribution in [2.75, 3.05) is 7.05 Å². The first-order chi connectivity index (χ1) is 5.74. The molecule has 0 aliphatic heterocycles. The monoisotopic (exact) mass is 169 g/mol. The third kappa shape index (κ3) is 2.34. The van der Waals surface area contributed by atoms with Crippen LogP contribution in [0, 0.1) is 0 Å². The second-order valence-electron chi connectivity index (χ2n) is 3.04. The summed E-state index contributed by atoms with van der Waals surface area (Å²) in [6.07, 6.45) is 6.63. The molecule has 0 saturated heterocycles. The van der Waals surface area contributed by atoms with E-state index < -0.39 is 0 Å². The summed E-state index contributed by atoms with van der Waals surface area (Å²) in [6, 6.07) is 0.444. The Morgan fingerprint density at radius 1 is 1.58 bits per heavy atom. The van der Waals surface area contributed by atoms with Gasteiger partial charge in [0.15, 0.2) is 0 Å². The molecule has 1 fully saturated rings. The molecule has 0 atom stereocenters. The zero-order chi connectivity index (χ0) is 8.97. The van der Waals surface area contributed by atoms with E-state index >= 15 is 0 Å². The van der Waals surface area contributed by atoms with Gasteiger partial charge in [-0.1, -0.05) is 12.5 Å². The molecule has 1 aliphatic rings. The summed E-state index contributed by atoms with van der Waals surface area (Å²) in [4.78, 5) is 15.9. The van der Waals surface area contributed by atoms with Gasteiger partial charge in [0, 0.05) is 19.2 Å². The van der Waals surface area contributed by atoms with Crippen LogP contribution in [0.4, 0.5) is 0 Å². The van der Waals surface area contributed by atoms with Crippen molar-refractivity contribution in [1.29, 1.82) is 0 Å². The maximum atomic E-state index is 10.9. The lowest BCUT2D eigenvalue weighted by Crippen LogP contribution is -2.38. The molecular weight excluding hydrogens is 154 g/mol. The van der Waals surface area contributed by atoms with Gasteiger partial charge in [-0.2, -0.15) is 0 Å². The van der Waals surface area contributed by atoms with Gasteiger partial charge in [0.1, 0.15) is 0 Å². The van der Waals surface area contributed by atoms with Gasteiger partial charge in [-0.25, -0.2) is 4.79 Å². The molecule has 1 aliphatic carbocycles. The van der Waals surface area contributed by atoms with Crippen molar-refractivity contribution < 1.29 is 9.63 Å². The first-order valence-electron chi connectivity index (χ1n) is 4.31. The summed E-state index contributed by atoms with van der Waals surface area (Å²) >= 11 is 0. The Labute approximate surface area is 73.0 Å². The van der Waals surface area contributed by atoms with Crippen LogP contribution in [0.5, 0.6) is 0 Å². The zero-order valence-electron chi connectivity index (χ0n) is 7.62. The number of hydroxylamine groups is 2. The van der Waals surface area contributed by atoms with Crippen molar-refractivity contribution in [1.82, 2.24) is 5.06 Å². The minimum absolute atomic E-state index is 0.285. The molecule has 0 radical (unpaired) electrons. The minimum Gasteiger partial charge on any atom is -0.364 e. The highest BCUT2D eigenvalue weighted by Crippen LogP contribution is 2.23. The molecule has 0 bridgehead atoms. The molecule has 3 heteroatoms. The highest BCUT2D eigenvalue weighted by molar-refractivity contribution is 5.81. The average Bonchev–Trinajstić information content (AvgIpc) is 1.82. The summed E-state index contributed by atoms with van der Waals surface area (Å²) < 4.78 is 0. The second-order valence-corrected chi connectivity index (χ2v) is 3.04. The van der Waals surface area contributed by atoms with Crippen LogP contribution in [-0.2, 0) is 9.63 Å². The van der Waals surface area contributed by atoms with E-state index in [9.17, 15) is 4.79 Å². The van der Waals surface area contributed by atoms with E-state index in [2.05, 4.69) is 0 Å². The molecular formula is C9H15NO2. The quantitative estimate of drug-likeness (QED) is 0.473. The van der Waals surface area contributed by atoms with Gasteiger partial charge in [0.25, 0.3) is 0 Å². The highest BCUT2D eigenvalue weighted by atomic mass is 16.7. The lowest BCUT2D eigenvalue weighted by molar-refractivity contribution is -0.194. The summed E-state index contributed by atoms with van der Waals surface area (Å²) in [5, 5.41) is 1.66. The molecule has 0 heterocycles. The topological polar surface area (TPSA) is 29.5 Å². The third-order valence-electron chi connectivity index (χ3n) is 2.13. The summed E-state index contributed by atoms with van der Waals surface area (Å²) in [5.41, 5.74) is 0. The van der Waals surface area contributed by atoms with Crippen molar-refractivity contribution in [3.63, 3.8) is 0 Å². The number of carbonyl (C=O) groups excluding carboxylic acids is 1. The fraction of sp³-hybridized carbons (Fsp3) is 0.667. The summed E-state index contributed by atoms with van der Waals surface area (Å²) in [5.74, 6) is -0.285. The maximum Gasteiger partial charge on any atom is 0.349 e. The average molecular weight is 169 g/mol. The van der Waals surface area contributed by atoms with Gasteiger partial charge in [0.2, 0.25) is 0 Å². The second kappa shape index (κ2) is 4.26. The van der Waals surface area contributed by atoms with Crippen LogP contribution in [0.2, 0.25) is 0 Å². The largest absolute Gasteiger partial charge is 0.364 e. The van der Waals surface area contributed by atoms with Gasteiger partial charge in [-0.05, 0) is 19.8 Å². The van der Waals surface area contributed by atoms with Crippen molar-refractivity contribution >= 4 is 5.97 Å². The number of rotatable bonds is 3. The number of hydrogen-bond acceptors (Lipinski definition) is 3. The van der Waals surface area contributed by atoms with Crippen LogP contribution >= 0.6 is 0 Å². The molecule has 0 unspecified atom stereocenters. The van der Waals surface area contributed by atoms with E-state index in [1.807, 2.05) is 7.05 Å².